The van der Waals surface area contributed by atoms with Crippen LogP contribution in [0.2, 0.25) is 0 Å². The Bertz CT molecular complexity index is 768. The highest BCUT2D eigenvalue weighted by molar-refractivity contribution is 6.05. The molecule has 0 bridgehead atoms. The van der Waals surface area contributed by atoms with Gasteiger partial charge in [0.05, 0.1) is 20.8 Å². The van der Waals surface area contributed by atoms with Crippen LogP contribution in [0, 0.1) is 6.92 Å². The van der Waals surface area contributed by atoms with Gasteiger partial charge >= 0.3 is 0 Å². The van der Waals surface area contributed by atoms with Crippen molar-refractivity contribution in [2.75, 3.05) is 31.4 Å². The second-order valence-electron chi connectivity index (χ2n) is 5.34. The predicted octanol–water partition coefficient (Wildman–Crippen LogP) is 2.16. The van der Waals surface area contributed by atoms with Crippen molar-refractivity contribution in [3.8, 4) is 11.5 Å². The Balaban J connectivity index is 2.25. The topological polar surface area (TPSA) is 103 Å². The SMILES string of the molecule is COc1cc(OC)cc(C(=O)Nc2cc(NC(=O)CN)ccc2C)c1. The van der Waals surface area contributed by atoms with Crippen molar-refractivity contribution in [3.63, 3.8) is 0 Å². The zero-order chi connectivity index (χ0) is 18.4. The molecule has 0 unspecified atom stereocenters. The third kappa shape index (κ3) is 4.71. The van der Waals surface area contributed by atoms with Crippen LogP contribution in [-0.2, 0) is 4.79 Å². The smallest absolute Gasteiger partial charge is 0.255 e. The maximum absolute atomic E-state index is 12.6. The summed E-state index contributed by atoms with van der Waals surface area (Å²) in [5.74, 6) is 0.414. The minimum absolute atomic E-state index is 0.112. The molecule has 0 atom stereocenters. The summed E-state index contributed by atoms with van der Waals surface area (Å²) in [6.45, 7) is 1.75. The first kappa shape index (κ1) is 18.3. The summed E-state index contributed by atoms with van der Waals surface area (Å²) in [6, 6.07) is 10.1. The summed E-state index contributed by atoms with van der Waals surface area (Å²) >= 11 is 0. The largest absolute Gasteiger partial charge is 0.497 e. The van der Waals surface area contributed by atoms with E-state index in [1.165, 1.54) is 14.2 Å². The molecule has 0 aliphatic rings. The van der Waals surface area contributed by atoms with Crippen LogP contribution in [0.1, 0.15) is 15.9 Å². The number of anilines is 2. The third-order valence-corrected chi connectivity index (χ3v) is 3.57. The molecule has 0 aliphatic heterocycles. The highest BCUT2D eigenvalue weighted by atomic mass is 16.5. The van der Waals surface area contributed by atoms with E-state index in [1.54, 1.807) is 36.4 Å². The van der Waals surface area contributed by atoms with Gasteiger partial charge in [-0.15, -0.1) is 0 Å². The molecule has 0 spiro atoms. The van der Waals surface area contributed by atoms with E-state index >= 15 is 0 Å². The van der Waals surface area contributed by atoms with Crippen molar-refractivity contribution in [2.45, 2.75) is 6.92 Å². The number of nitrogens with two attached hydrogens (primary N) is 1. The summed E-state index contributed by atoms with van der Waals surface area (Å²) < 4.78 is 10.4. The molecule has 0 fully saturated rings. The van der Waals surface area contributed by atoms with Crippen molar-refractivity contribution in [1.82, 2.24) is 0 Å². The average Bonchev–Trinajstić information content (AvgIpc) is 2.63. The molecular weight excluding hydrogens is 322 g/mol. The van der Waals surface area contributed by atoms with Gasteiger partial charge < -0.3 is 25.8 Å². The molecule has 25 heavy (non-hydrogen) atoms. The van der Waals surface area contributed by atoms with E-state index in [2.05, 4.69) is 10.6 Å². The Kier molecular flexibility index (Phi) is 5.97. The maximum Gasteiger partial charge on any atom is 0.255 e. The molecule has 2 aromatic carbocycles. The van der Waals surface area contributed by atoms with Crippen molar-refractivity contribution in [3.05, 3.63) is 47.5 Å². The fourth-order valence-electron chi connectivity index (χ4n) is 2.18. The zero-order valence-electron chi connectivity index (χ0n) is 14.4. The molecule has 2 amide bonds. The number of hydrogen-bond acceptors (Lipinski definition) is 5. The second kappa shape index (κ2) is 8.16. The van der Waals surface area contributed by atoms with Crippen LogP contribution in [0.4, 0.5) is 11.4 Å². The molecule has 7 heteroatoms. The molecule has 2 rings (SSSR count). The molecule has 0 aromatic heterocycles. The highest BCUT2D eigenvalue weighted by Crippen LogP contribution is 2.25. The van der Waals surface area contributed by atoms with Gasteiger partial charge in [-0.2, -0.15) is 0 Å². The Morgan fingerprint density at radius 1 is 1.00 bits per heavy atom. The molecule has 0 radical (unpaired) electrons. The second-order valence-corrected chi connectivity index (χ2v) is 5.34. The highest BCUT2D eigenvalue weighted by Gasteiger charge is 2.12. The first-order chi connectivity index (χ1) is 12.0. The van der Waals surface area contributed by atoms with E-state index in [0.29, 0.717) is 28.4 Å². The van der Waals surface area contributed by atoms with Crippen molar-refractivity contribution in [2.24, 2.45) is 5.73 Å². The molecule has 2 aromatic rings. The Morgan fingerprint density at radius 2 is 1.64 bits per heavy atom. The number of aryl methyl sites for hydroxylation is 1. The molecule has 0 heterocycles. The van der Waals surface area contributed by atoms with Crippen LogP contribution in [0.15, 0.2) is 36.4 Å². The van der Waals surface area contributed by atoms with Gasteiger partial charge in [0.25, 0.3) is 5.91 Å². The first-order valence-corrected chi connectivity index (χ1v) is 7.61. The van der Waals surface area contributed by atoms with Gasteiger partial charge in [0.2, 0.25) is 5.91 Å². The molecule has 0 saturated carbocycles. The Morgan fingerprint density at radius 3 is 2.20 bits per heavy atom. The van der Waals surface area contributed by atoms with Crippen molar-refractivity contribution >= 4 is 23.2 Å². The van der Waals surface area contributed by atoms with E-state index in [1.807, 2.05) is 6.92 Å². The zero-order valence-corrected chi connectivity index (χ0v) is 14.4. The van der Waals surface area contributed by atoms with Gasteiger partial charge in [0.1, 0.15) is 11.5 Å². The van der Waals surface area contributed by atoms with Crippen LogP contribution in [0.25, 0.3) is 0 Å². The summed E-state index contributed by atoms with van der Waals surface area (Å²) in [4.78, 5) is 24.0. The summed E-state index contributed by atoms with van der Waals surface area (Å²) in [5.41, 5.74) is 7.68. The van der Waals surface area contributed by atoms with Crippen molar-refractivity contribution < 1.29 is 19.1 Å². The minimum Gasteiger partial charge on any atom is -0.497 e. The average molecular weight is 343 g/mol. The number of carbonyl (C=O) groups excluding carboxylic acids is 2. The maximum atomic E-state index is 12.6. The number of nitrogens with one attached hydrogen (secondary N) is 2. The van der Waals surface area contributed by atoms with Crippen LogP contribution in [-0.4, -0.2) is 32.6 Å². The van der Waals surface area contributed by atoms with Gasteiger partial charge in [-0.05, 0) is 36.8 Å². The lowest BCUT2D eigenvalue weighted by Crippen LogP contribution is -2.22. The van der Waals surface area contributed by atoms with Crippen molar-refractivity contribution in [1.29, 1.82) is 0 Å². The van der Waals surface area contributed by atoms with Crippen LogP contribution in [0.3, 0.4) is 0 Å². The van der Waals surface area contributed by atoms with E-state index in [0.717, 1.165) is 5.56 Å². The monoisotopic (exact) mass is 343 g/mol. The lowest BCUT2D eigenvalue weighted by Gasteiger charge is -2.12. The fraction of sp³-hybridized carbons (Fsp3) is 0.222. The lowest BCUT2D eigenvalue weighted by molar-refractivity contribution is -0.114. The standard InChI is InChI=1S/C18H21N3O4/c1-11-4-5-13(20-17(22)10-19)8-16(11)21-18(23)12-6-14(24-2)9-15(7-12)25-3/h4-9H,10,19H2,1-3H3,(H,20,22)(H,21,23). The number of benzene rings is 2. The number of methoxy groups -OCH3 is 2. The predicted molar refractivity (Wildman–Crippen MR) is 96.4 cm³/mol. The molecule has 0 saturated heterocycles. The normalized spacial score (nSPS) is 10.1. The summed E-state index contributed by atoms with van der Waals surface area (Å²) in [7, 11) is 3.04. The fourth-order valence-corrected chi connectivity index (χ4v) is 2.18. The Hall–Kier alpha value is -3.06. The quantitative estimate of drug-likeness (QED) is 0.746. The summed E-state index contributed by atoms with van der Waals surface area (Å²) in [6.07, 6.45) is 0. The summed E-state index contributed by atoms with van der Waals surface area (Å²) in [5, 5.41) is 5.48. The van der Waals surface area contributed by atoms with E-state index < -0.39 is 0 Å². The van der Waals surface area contributed by atoms with Gasteiger partial charge in [-0.1, -0.05) is 6.07 Å². The van der Waals surface area contributed by atoms with Gasteiger partial charge in [-0.25, -0.2) is 0 Å². The van der Waals surface area contributed by atoms with E-state index in [4.69, 9.17) is 15.2 Å². The molecular formula is C18H21N3O4. The Labute approximate surface area is 146 Å². The molecule has 132 valence electrons. The minimum atomic E-state index is -0.317. The molecule has 0 aliphatic carbocycles. The van der Waals surface area contributed by atoms with Crippen LogP contribution >= 0.6 is 0 Å². The van der Waals surface area contributed by atoms with Gasteiger partial charge in [-0.3, -0.25) is 9.59 Å². The van der Waals surface area contributed by atoms with Gasteiger partial charge in [0, 0.05) is 23.0 Å². The number of ether oxygens (including phenoxy) is 2. The first-order valence-electron chi connectivity index (χ1n) is 7.61. The lowest BCUT2D eigenvalue weighted by atomic mass is 10.1. The number of hydrogen-bond donors (Lipinski definition) is 3. The third-order valence-electron chi connectivity index (χ3n) is 3.57. The number of carbonyl (C=O) groups is 2. The molecule has 4 N–H and O–H groups in total. The van der Waals surface area contributed by atoms with E-state index in [-0.39, 0.29) is 18.4 Å². The number of rotatable bonds is 6. The van der Waals surface area contributed by atoms with Crippen LogP contribution < -0.4 is 25.8 Å². The number of amides is 2. The molecule has 7 nitrogen and oxygen atoms in total. The van der Waals surface area contributed by atoms with Crippen LogP contribution in [0.5, 0.6) is 11.5 Å². The van der Waals surface area contributed by atoms with Gasteiger partial charge in [0.15, 0.2) is 0 Å². The van der Waals surface area contributed by atoms with E-state index in [9.17, 15) is 9.59 Å².